The zero-order valence-electron chi connectivity index (χ0n) is 16.7. The van der Waals surface area contributed by atoms with E-state index >= 15 is 0 Å². The number of aryl methyl sites for hydroxylation is 1. The van der Waals surface area contributed by atoms with Gasteiger partial charge in [0.15, 0.2) is 28.8 Å². The monoisotopic (exact) mass is 405 g/mol. The first-order valence-electron chi connectivity index (χ1n) is 9.38. The van der Waals surface area contributed by atoms with Crippen LogP contribution < -0.4 is 14.8 Å². The van der Waals surface area contributed by atoms with E-state index in [1.165, 1.54) is 0 Å². The van der Waals surface area contributed by atoms with Gasteiger partial charge in [-0.3, -0.25) is 4.79 Å². The molecule has 1 atom stereocenters. The zero-order chi connectivity index (χ0) is 20.8. The van der Waals surface area contributed by atoms with Crippen LogP contribution >= 0.6 is 0 Å². The fourth-order valence-corrected chi connectivity index (χ4v) is 3.76. The molecule has 0 radical (unpaired) electrons. The van der Waals surface area contributed by atoms with Gasteiger partial charge in [0.2, 0.25) is 5.91 Å². The van der Waals surface area contributed by atoms with Crippen LogP contribution in [0.3, 0.4) is 0 Å². The molecule has 0 bridgehead atoms. The lowest BCUT2D eigenvalue weighted by Crippen LogP contribution is -2.25. The van der Waals surface area contributed by atoms with Crippen LogP contribution in [0, 0.1) is 6.92 Å². The molecule has 1 aromatic carbocycles. The minimum absolute atomic E-state index is 0.0920. The van der Waals surface area contributed by atoms with Gasteiger partial charge in [-0.1, -0.05) is 6.07 Å². The van der Waals surface area contributed by atoms with Crippen molar-refractivity contribution in [1.82, 2.24) is 29.6 Å². The highest BCUT2D eigenvalue weighted by Crippen LogP contribution is 2.40. The summed E-state index contributed by atoms with van der Waals surface area (Å²) in [5.41, 5.74) is 2.50. The Morgan fingerprint density at radius 1 is 1.10 bits per heavy atom. The summed E-state index contributed by atoms with van der Waals surface area (Å²) in [4.78, 5) is 12.5. The van der Waals surface area contributed by atoms with Crippen LogP contribution in [-0.2, 0) is 4.79 Å². The second kappa shape index (κ2) is 6.83. The maximum atomic E-state index is 12.5. The molecule has 30 heavy (non-hydrogen) atoms. The molecule has 1 unspecified atom stereocenters. The van der Waals surface area contributed by atoms with Gasteiger partial charge in [-0.25, -0.2) is 0 Å². The number of ether oxygens (including phenoxy) is 2. The van der Waals surface area contributed by atoms with Gasteiger partial charge in [-0.05, 0) is 36.8 Å². The molecule has 0 spiro atoms. The molecule has 1 N–H and O–H groups in total. The number of anilines is 1. The highest BCUT2D eigenvalue weighted by Gasteiger charge is 2.31. The summed E-state index contributed by atoms with van der Waals surface area (Å²) in [6.07, 6.45) is 2.08. The van der Waals surface area contributed by atoms with E-state index in [1.54, 1.807) is 35.7 Å². The Morgan fingerprint density at radius 3 is 2.73 bits per heavy atom. The topological polar surface area (TPSA) is 108 Å². The highest BCUT2D eigenvalue weighted by molar-refractivity contribution is 5.94. The molecule has 10 nitrogen and oxygen atoms in total. The second-order valence-electron chi connectivity index (χ2n) is 6.99. The summed E-state index contributed by atoms with van der Waals surface area (Å²) in [5, 5.41) is 20.1. The quantitative estimate of drug-likeness (QED) is 0.554. The number of nitrogens with one attached hydrogen (secondary N) is 1. The van der Waals surface area contributed by atoms with Crippen LogP contribution in [0.4, 0.5) is 5.82 Å². The number of methoxy groups -OCH3 is 2. The van der Waals surface area contributed by atoms with Gasteiger partial charge < -0.3 is 14.8 Å². The predicted octanol–water partition coefficient (Wildman–Crippen LogP) is 2.11. The van der Waals surface area contributed by atoms with Crippen molar-refractivity contribution < 1.29 is 14.3 Å². The van der Waals surface area contributed by atoms with E-state index in [-0.39, 0.29) is 11.8 Å². The molecule has 0 saturated heterocycles. The van der Waals surface area contributed by atoms with Gasteiger partial charge in [0.25, 0.3) is 0 Å². The van der Waals surface area contributed by atoms with Crippen LogP contribution in [0.15, 0.2) is 36.5 Å². The van der Waals surface area contributed by atoms with Gasteiger partial charge >= 0.3 is 0 Å². The molecular weight excluding hydrogens is 386 g/mol. The van der Waals surface area contributed by atoms with Gasteiger partial charge in [-0.2, -0.15) is 14.3 Å². The number of benzene rings is 1. The Balaban J connectivity index is 1.60. The molecule has 0 saturated carbocycles. The summed E-state index contributed by atoms with van der Waals surface area (Å²) in [7, 11) is 3.18. The Kier molecular flexibility index (Phi) is 4.12. The van der Waals surface area contributed by atoms with Crippen molar-refractivity contribution in [2.24, 2.45) is 0 Å². The number of nitrogens with zero attached hydrogens (tertiary/aromatic N) is 6. The number of carbonyl (C=O) groups is 1. The largest absolute Gasteiger partial charge is 0.493 e. The molecule has 1 amide bonds. The zero-order valence-corrected chi connectivity index (χ0v) is 16.7. The minimum Gasteiger partial charge on any atom is -0.493 e. The Hall–Kier alpha value is -3.95. The van der Waals surface area contributed by atoms with E-state index in [0.29, 0.717) is 41.0 Å². The third kappa shape index (κ3) is 2.76. The summed E-state index contributed by atoms with van der Waals surface area (Å²) < 4.78 is 14.0. The van der Waals surface area contributed by atoms with Gasteiger partial charge in [0.1, 0.15) is 5.82 Å². The van der Waals surface area contributed by atoms with E-state index in [9.17, 15) is 4.79 Å². The van der Waals surface area contributed by atoms with Gasteiger partial charge in [-0.15, -0.1) is 15.3 Å². The van der Waals surface area contributed by atoms with Crippen molar-refractivity contribution in [2.75, 3.05) is 19.5 Å². The average molecular weight is 405 g/mol. The van der Waals surface area contributed by atoms with Gasteiger partial charge in [0.05, 0.1) is 20.4 Å². The molecule has 4 aromatic rings. The number of carbonyl (C=O) groups excluding carboxylic acids is 1. The van der Waals surface area contributed by atoms with E-state index in [1.807, 2.05) is 31.2 Å². The number of aromatic nitrogens is 6. The molecule has 1 aliphatic heterocycles. The SMILES string of the molecule is COc1ccc(C2CC(=O)Nc3c2cnn3-c2ccc3nnc(C)n3n2)cc1OC. The summed E-state index contributed by atoms with van der Waals surface area (Å²) in [6, 6.07) is 9.29. The fraction of sp³-hybridized carbons (Fsp3) is 0.250. The first kappa shape index (κ1) is 18.1. The molecule has 152 valence electrons. The van der Waals surface area contributed by atoms with Crippen molar-refractivity contribution in [2.45, 2.75) is 19.3 Å². The molecule has 0 aliphatic carbocycles. The molecule has 5 rings (SSSR count). The number of hydrogen-bond donors (Lipinski definition) is 1. The van der Waals surface area contributed by atoms with Crippen molar-refractivity contribution in [3.05, 3.63) is 53.5 Å². The highest BCUT2D eigenvalue weighted by atomic mass is 16.5. The van der Waals surface area contributed by atoms with Crippen molar-refractivity contribution in [3.8, 4) is 17.3 Å². The predicted molar refractivity (Wildman–Crippen MR) is 107 cm³/mol. The first-order chi connectivity index (χ1) is 14.6. The van der Waals surface area contributed by atoms with E-state index < -0.39 is 0 Å². The van der Waals surface area contributed by atoms with Crippen LogP contribution in [0.2, 0.25) is 0 Å². The van der Waals surface area contributed by atoms with Crippen LogP contribution in [0.1, 0.15) is 29.3 Å². The average Bonchev–Trinajstić information content (AvgIpc) is 3.36. The van der Waals surface area contributed by atoms with Crippen molar-refractivity contribution in [1.29, 1.82) is 0 Å². The molecule has 1 aliphatic rings. The van der Waals surface area contributed by atoms with Crippen LogP contribution in [0.25, 0.3) is 11.5 Å². The molecule has 3 aromatic heterocycles. The summed E-state index contributed by atoms with van der Waals surface area (Å²) in [6.45, 7) is 1.82. The normalized spacial score (nSPS) is 15.7. The van der Waals surface area contributed by atoms with Crippen LogP contribution in [-0.4, -0.2) is 49.7 Å². The maximum absolute atomic E-state index is 12.5. The van der Waals surface area contributed by atoms with Crippen molar-refractivity contribution in [3.63, 3.8) is 0 Å². The lowest BCUT2D eigenvalue weighted by Gasteiger charge is -2.24. The molecule has 4 heterocycles. The number of fused-ring (bicyclic) bond motifs is 2. The summed E-state index contributed by atoms with van der Waals surface area (Å²) in [5.74, 6) is 2.82. The number of amides is 1. The summed E-state index contributed by atoms with van der Waals surface area (Å²) >= 11 is 0. The number of rotatable bonds is 4. The minimum atomic E-state index is -0.164. The molecule has 10 heteroatoms. The lowest BCUT2D eigenvalue weighted by atomic mass is 9.87. The maximum Gasteiger partial charge on any atom is 0.226 e. The van der Waals surface area contributed by atoms with Gasteiger partial charge in [0, 0.05) is 17.9 Å². The van der Waals surface area contributed by atoms with E-state index in [2.05, 4.69) is 25.7 Å². The standard InChI is InChI=1S/C20H19N7O3/c1-11-23-24-17-6-7-18(25-26(11)17)27-20-14(10-21-27)13(9-19(28)22-20)12-4-5-15(29-2)16(8-12)30-3/h4-8,10,13H,9H2,1-3H3,(H,22,28). The number of hydrogen-bond acceptors (Lipinski definition) is 7. The smallest absolute Gasteiger partial charge is 0.226 e. The molecular formula is C20H19N7O3. The Bertz CT molecular complexity index is 1280. The second-order valence-corrected chi connectivity index (χ2v) is 6.99. The lowest BCUT2D eigenvalue weighted by molar-refractivity contribution is -0.116. The third-order valence-electron chi connectivity index (χ3n) is 5.25. The Labute approximate surface area is 171 Å². The van der Waals surface area contributed by atoms with E-state index in [0.717, 1.165) is 11.1 Å². The Morgan fingerprint density at radius 2 is 1.93 bits per heavy atom. The third-order valence-corrected chi connectivity index (χ3v) is 5.25. The fourth-order valence-electron chi connectivity index (χ4n) is 3.76. The van der Waals surface area contributed by atoms with Crippen LogP contribution in [0.5, 0.6) is 11.5 Å². The molecule has 0 fully saturated rings. The van der Waals surface area contributed by atoms with Crippen molar-refractivity contribution >= 4 is 17.4 Å². The van der Waals surface area contributed by atoms with E-state index in [4.69, 9.17) is 9.47 Å². The first-order valence-corrected chi connectivity index (χ1v) is 9.38.